The van der Waals surface area contributed by atoms with Gasteiger partial charge >= 0.3 is 0 Å². The number of nitrogens with zero attached hydrogens (tertiary/aromatic N) is 2. The predicted octanol–water partition coefficient (Wildman–Crippen LogP) is 4.26. The first-order valence-corrected chi connectivity index (χ1v) is 13.4. The number of ketones is 1. The molecule has 1 fully saturated rings. The molecule has 0 bridgehead atoms. The lowest BCUT2D eigenvalue weighted by atomic mass is 9.94. The fourth-order valence-electron chi connectivity index (χ4n) is 4.60. The Morgan fingerprint density at radius 2 is 1.79 bits per heavy atom. The summed E-state index contributed by atoms with van der Waals surface area (Å²) in [6.45, 7) is 8.79. The summed E-state index contributed by atoms with van der Waals surface area (Å²) in [5, 5.41) is 11.4. The number of likely N-dealkylation sites (tertiary alicyclic amines) is 1. The number of amides is 1. The first-order chi connectivity index (χ1) is 18.7. The van der Waals surface area contributed by atoms with Crippen LogP contribution in [0.15, 0.2) is 42.0 Å². The van der Waals surface area contributed by atoms with Crippen LogP contribution in [0.25, 0.3) is 5.76 Å². The lowest BCUT2D eigenvalue weighted by Gasteiger charge is -2.27. The predicted molar refractivity (Wildman–Crippen MR) is 148 cm³/mol. The van der Waals surface area contributed by atoms with Crippen molar-refractivity contribution in [3.8, 4) is 23.0 Å². The summed E-state index contributed by atoms with van der Waals surface area (Å²) >= 11 is 0. The number of hydrogen-bond donors (Lipinski definition) is 1. The van der Waals surface area contributed by atoms with E-state index in [2.05, 4.69) is 13.8 Å². The largest absolute Gasteiger partial charge is 0.507 e. The zero-order valence-electron chi connectivity index (χ0n) is 23.4. The molecule has 1 saturated heterocycles. The first-order valence-electron chi connectivity index (χ1n) is 13.4. The van der Waals surface area contributed by atoms with Crippen molar-refractivity contribution in [2.24, 2.45) is 5.92 Å². The molecule has 1 unspecified atom stereocenters. The Balaban J connectivity index is 1.79. The first kappa shape index (κ1) is 28.3. The van der Waals surface area contributed by atoms with Gasteiger partial charge in [0.2, 0.25) is 0 Å². The second-order valence-corrected chi connectivity index (χ2v) is 10.3. The molecule has 2 aliphatic rings. The lowest BCUT2D eigenvalue weighted by Crippen LogP contribution is -2.35. The van der Waals surface area contributed by atoms with Gasteiger partial charge in [0.1, 0.15) is 19.0 Å². The van der Waals surface area contributed by atoms with E-state index >= 15 is 0 Å². The Morgan fingerprint density at radius 1 is 1.05 bits per heavy atom. The minimum absolute atomic E-state index is 0.0198. The van der Waals surface area contributed by atoms with E-state index in [1.807, 2.05) is 32.0 Å². The average molecular weight is 539 g/mol. The Morgan fingerprint density at radius 3 is 2.49 bits per heavy atom. The molecule has 9 nitrogen and oxygen atoms in total. The fourth-order valence-corrected chi connectivity index (χ4v) is 4.60. The van der Waals surface area contributed by atoms with Crippen molar-refractivity contribution in [2.45, 2.75) is 33.2 Å². The van der Waals surface area contributed by atoms with Crippen molar-refractivity contribution in [1.82, 2.24) is 9.80 Å². The number of rotatable bonds is 11. The van der Waals surface area contributed by atoms with E-state index in [1.165, 1.54) is 4.90 Å². The summed E-state index contributed by atoms with van der Waals surface area (Å²) in [6, 6.07) is 9.60. The van der Waals surface area contributed by atoms with E-state index in [4.69, 9.17) is 18.9 Å². The number of likely N-dealkylation sites (N-methyl/N-ethyl adjacent to an activating group) is 1. The SMILES string of the molecule is CCOc1cc(C2/C(=C(\O)c3ccc4c(c3)OCCO4)C(=O)C(=O)N2CCN(C)C)ccc1OCCC(C)C. The molecule has 1 amide bonds. The summed E-state index contributed by atoms with van der Waals surface area (Å²) in [7, 11) is 3.80. The summed E-state index contributed by atoms with van der Waals surface area (Å²) in [4.78, 5) is 30.1. The molecule has 2 aliphatic heterocycles. The van der Waals surface area contributed by atoms with Crippen LogP contribution < -0.4 is 18.9 Å². The zero-order valence-corrected chi connectivity index (χ0v) is 23.4. The summed E-state index contributed by atoms with van der Waals surface area (Å²) in [6.07, 6.45) is 0.896. The smallest absolute Gasteiger partial charge is 0.295 e. The van der Waals surface area contributed by atoms with Crippen LogP contribution >= 0.6 is 0 Å². The van der Waals surface area contributed by atoms with Gasteiger partial charge in [0.05, 0.1) is 24.8 Å². The zero-order chi connectivity index (χ0) is 28.1. The summed E-state index contributed by atoms with van der Waals surface area (Å²) in [5.74, 6) is 1.00. The van der Waals surface area contributed by atoms with Gasteiger partial charge in [0.25, 0.3) is 11.7 Å². The average Bonchev–Trinajstić information content (AvgIpc) is 3.16. The van der Waals surface area contributed by atoms with E-state index < -0.39 is 17.7 Å². The number of aliphatic hydroxyl groups is 1. The van der Waals surface area contributed by atoms with Crippen molar-refractivity contribution in [1.29, 1.82) is 0 Å². The fraction of sp³-hybridized carbons (Fsp3) is 0.467. The van der Waals surface area contributed by atoms with Crippen LogP contribution in [-0.2, 0) is 9.59 Å². The van der Waals surface area contributed by atoms with Crippen molar-refractivity contribution in [3.63, 3.8) is 0 Å². The van der Waals surface area contributed by atoms with Gasteiger partial charge in [-0.2, -0.15) is 0 Å². The highest BCUT2D eigenvalue weighted by Crippen LogP contribution is 2.43. The third-order valence-corrected chi connectivity index (χ3v) is 6.68. The van der Waals surface area contributed by atoms with Gasteiger partial charge in [-0.15, -0.1) is 0 Å². The van der Waals surface area contributed by atoms with Crippen LogP contribution in [0.1, 0.15) is 44.4 Å². The molecule has 39 heavy (non-hydrogen) atoms. The van der Waals surface area contributed by atoms with Gasteiger partial charge in [-0.1, -0.05) is 19.9 Å². The molecule has 2 heterocycles. The van der Waals surface area contributed by atoms with Crippen LogP contribution in [0.3, 0.4) is 0 Å². The maximum absolute atomic E-state index is 13.4. The van der Waals surface area contributed by atoms with E-state index in [1.54, 1.807) is 30.3 Å². The molecule has 2 aromatic carbocycles. The third kappa shape index (κ3) is 6.30. The molecular formula is C30H38N2O7. The van der Waals surface area contributed by atoms with Gasteiger partial charge in [-0.3, -0.25) is 9.59 Å². The molecular weight excluding hydrogens is 500 g/mol. The van der Waals surface area contributed by atoms with E-state index in [-0.39, 0.29) is 11.3 Å². The van der Waals surface area contributed by atoms with Gasteiger partial charge in [-0.05, 0) is 69.3 Å². The molecule has 0 saturated carbocycles. The van der Waals surface area contributed by atoms with Crippen molar-refractivity contribution in [3.05, 3.63) is 53.1 Å². The maximum atomic E-state index is 13.4. The number of fused-ring (bicyclic) bond motifs is 1. The Hall–Kier alpha value is -3.72. The Bertz CT molecular complexity index is 1240. The van der Waals surface area contributed by atoms with E-state index in [9.17, 15) is 14.7 Å². The normalized spacial score (nSPS) is 18.2. The standard InChI is InChI=1S/C30H38N2O7/c1-6-36-24-17-20(7-9-22(24)37-14-11-19(2)3)27-26(29(34)30(35)32(27)13-12-31(4)5)28(33)21-8-10-23-25(18-21)39-16-15-38-23/h7-10,17-19,27,33H,6,11-16H2,1-5H3/b28-26+. The molecule has 1 N–H and O–H groups in total. The van der Waals surface area contributed by atoms with Crippen molar-refractivity contribution in [2.75, 3.05) is 53.6 Å². The van der Waals surface area contributed by atoms with Crippen LogP contribution in [0.5, 0.6) is 23.0 Å². The molecule has 210 valence electrons. The number of carbonyl (C=O) groups excluding carboxylic acids is 2. The number of aliphatic hydroxyl groups excluding tert-OH is 1. The van der Waals surface area contributed by atoms with Crippen LogP contribution in [-0.4, -0.2) is 80.2 Å². The van der Waals surface area contributed by atoms with Gasteiger partial charge < -0.3 is 33.9 Å². The van der Waals surface area contributed by atoms with Gasteiger partial charge in [0, 0.05) is 18.7 Å². The number of carbonyl (C=O) groups is 2. The van der Waals surface area contributed by atoms with Crippen LogP contribution in [0.2, 0.25) is 0 Å². The van der Waals surface area contributed by atoms with Crippen molar-refractivity contribution < 1.29 is 33.6 Å². The van der Waals surface area contributed by atoms with Crippen LogP contribution in [0.4, 0.5) is 0 Å². The maximum Gasteiger partial charge on any atom is 0.295 e. The molecule has 9 heteroatoms. The minimum Gasteiger partial charge on any atom is -0.507 e. The number of Topliss-reactive ketones (excluding diaryl/α,β-unsaturated/α-hetero) is 1. The molecule has 0 radical (unpaired) electrons. The van der Waals surface area contributed by atoms with Crippen LogP contribution in [0, 0.1) is 5.92 Å². The Labute approximate surface area is 229 Å². The highest BCUT2D eigenvalue weighted by atomic mass is 16.6. The number of benzene rings is 2. The van der Waals surface area contributed by atoms with E-state index in [0.717, 1.165) is 6.42 Å². The number of hydrogen-bond acceptors (Lipinski definition) is 8. The van der Waals surface area contributed by atoms with Gasteiger partial charge in [-0.25, -0.2) is 0 Å². The number of ether oxygens (including phenoxy) is 4. The molecule has 0 aromatic heterocycles. The Kier molecular flexibility index (Phi) is 9.01. The summed E-state index contributed by atoms with van der Waals surface area (Å²) < 4.78 is 23.1. The monoisotopic (exact) mass is 538 g/mol. The quantitative estimate of drug-likeness (QED) is 0.258. The molecule has 1 atom stereocenters. The second kappa shape index (κ2) is 12.4. The highest BCUT2D eigenvalue weighted by molar-refractivity contribution is 6.46. The van der Waals surface area contributed by atoms with Gasteiger partial charge in [0.15, 0.2) is 23.0 Å². The topological polar surface area (TPSA) is 97.8 Å². The second-order valence-electron chi connectivity index (χ2n) is 10.3. The molecule has 2 aromatic rings. The van der Waals surface area contributed by atoms with Crippen molar-refractivity contribution >= 4 is 17.4 Å². The molecule has 0 spiro atoms. The minimum atomic E-state index is -0.804. The lowest BCUT2D eigenvalue weighted by molar-refractivity contribution is -0.140. The third-order valence-electron chi connectivity index (χ3n) is 6.68. The highest BCUT2D eigenvalue weighted by Gasteiger charge is 2.46. The summed E-state index contributed by atoms with van der Waals surface area (Å²) in [5.41, 5.74) is 1.03. The molecule has 0 aliphatic carbocycles. The molecule has 4 rings (SSSR count). The van der Waals surface area contributed by atoms with E-state index in [0.29, 0.717) is 79.6 Å².